The van der Waals surface area contributed by atoms with Gasteiger partial charge >= 0.3 is 0 Å². The number of hydrogen-bond acceptors (Lipinski definition) is 2. The van der Waals surface area contributed by atoms with Gasteiger partial charge in [-0.25, -0.2) is 0 Å². The van der Waals surface area contributed by atoms with E-state index in [0.717, 1.165) is 34.0 Å². The summed E-state index contributed by atoms with van der Waals surface area (Å²) in [6.07, 6.45) is 3.75. The summed E-state index contributed by atoms with van der Waals surface area (Å²) in [6.45, 7) is 0. The molecule has 9 aromatic rings. The second kappa shape index (κ2) is 10.2. The highest BCUT2D eigenvalue weighted by Crippen LogP contribution is 2.40. The Morgan fingerprint density at radius 3 is 1.53 bits per heavy atom. The molecule has 0 saturated heterocycles. The van der Waals surface area contributed by atoms with E-state index >= 15 is 0 Å². The molecule has 0 unspecified atom stereocenters. The fourth-order valence-electron chi connectivity index (χ4n) is 6.84. The molecule has 4 nitrogen and oxygen atoms in total. The summed E-state index contributed by atoms with van der Waals surface area (Å²) in [5, 5.41) is 4.89. The molecule has 0 aliphatic heterocycles. The Balaban J connectivity index is 1.28. The molecule has 0 aliphatic carbocycles. The molecular weight excluding hydrogens is 548 g/mol. The van der Waals surface area contributed by atoms with Crippen LogP contribution < -0.4 is 4.90 Å². The Labute approximate surface area is 260 Å². The fourth-order valence-corrected chi connectivity index (χ4v) is 6.84. The van der Waals surface area contributed by atoms with Crippen LogP contribution >= 0.6 is 0 Å². The zero-order chi connectivity index (χ0) is 29.7. The molecule has 3 aromatic heterocycles. The first-order chi connectivity index (χ1) is 22.3. The molecule has 0 fully saturated rings. The van der Waals surface area contributed by atoms with E-state index in [0.29, 0.717) is 0 Å². The molecule has 45 heavy (non-hydrogen) atoms. The zero-order valence-corrected chi connectivity index (χ0v) is 24.5. The quantitative estimate of drug-likeness (QED) is 0.204. The lowest BCUT2D eigenvalue weighted by Crippen LogP contribution is -2.09. The first-order valence-corrected chi connectivity index (χ1v) is 15.2. The molecule has 0 saturated carbocycles. The molecule has 0 spiro atoms. The minimum atomic E-state index is 1.06. The van der Waals surface area contributed by atoms with Crippen LogP contribution in [0.25, 0.3) is 55.0 Å². The maximum absolute atomic E-state index is 4.41. The van der Waals surface area contributed by atoms with Gasteiger partial charge in [-0.15, -0.1) is 0 Å². The largest absolute Gasteiger partial charge is 0.310 e. The minimum Gasteiger partial charge on any atom is -0.310 e. The van der Waals surface area contributed by atoms with E-state index in [4.69, 9.17) is 0 Å². The number of benzene rings is 6. The minimum absolute atomic E-state index is 1.06. The van der Waals surface area contributed by atoms with Gasteiger partial charge in [-0.3, -0.25) is 4.98 Å². The van der Waals surface area contributed by atoms with Crippen LogP contribution in [-0.4, -0.2) is 14.1 Å². The van der Waals surface area contributed by atoms with Crippen LogP contribution in [0.2, 0.25) is 0 Å². The molecule has 4 heteroatoms. The maximum Gasteiger partial charge on any atom is 0.0645 e. The number of pyridine rings is 1. The monoisotopic (exact) mass is 576 g/mol. The molecule has 0 amide bonds. The highest BCUT2D eigenvalue weighted by Gasteiger charge is 2.18. The molecule has 212 valence electrons. The van der Waals surface area contributed by atoms with E-state index in [1.807, 2.05) is 18.5 Å². The van der Waals surface area contributed by atoms with Crippen LogP contribution in [0.5, 0.6) is 0 Å². The van der Waals surface area contributed by atoms with Crippen molar-refractivity contribution >= 4 is 60.7 Å². The summed E-state index contributed by atoms with van der Waals surface area (Å²) in [5.41, 5.74) is 10.3. The van der Waals surface area contributed by atoms with Gasteiger partial charge in [0, 0.05) is 50.5 Å². The third-order valence-electron chi connectivity index (χ3n) is 8.76. The first-order valence-electron chi connectivity index (χ1n) is 15.2. The summed E-state index contributed by atoms with van der Waals surface area (Å²) in [7, 11) is 0. The van der Waals surface area contributed by atoms with Crippen LogP contribution in [-0.2, 0) is 0 Å². The number of nitrogens with zero attached hydrogens (tertiary/aromatic N) is 4. The Morgan fingerprint density at radius 2 is 0.911 bits per heavy atom. The smallest absolute Gasteiger partial charge is 0.0645 e. The van der Waals surface area contributed by atoms with Gasteiger partial charge in [0.1, 0.15) is 0 Å². The second-order valence-corrected chi connectivity index (χ2v) is 11.3. The standard InChI is InChI=1S/C41H28N4/c1-3-12-29(13-4-1)43(30-14-5-2-6-15-30)31-21-23-40-36(26-31)34-17-7-9-19-38(34)44(40)32-22-24-41-37(27-32)35-18-8-10-20-39(35)45(41)33-16-11-25-42-28-33/h1-28H. The molecule has 3 heterocycles. The van der Waals surface area contributed by atoms with Gasteiger partial charge in [0.05, 0.1) is 34.0 Å². The van der Waals surface area contributed by atoms with Crippen molar-refractivity contribution < 1.29 is 0 Å². The lowest BCUT2D eigenvalue weighted by atomic mass is 10.1. The third kappa shape index (κ3) is 4.04. The number of para-hydroxylation sites is 4. The van der Waals surface area contributed by atoms with E-state index in [9.17, 15) is 0 Å². The van der Waals surface area contributed by atoms with Crippen molar-refractivity contribution in [3.63, 3.8) is 0 Å². The topological polar surface area (TPSA) is 26.0 Å². The highest BCUT2D eigenvalue weighted by atomic mass is 15.1. The Hall–Kier alpha value is -6.13. The normalized spacial score (nSPS) is 11.6. The van der Waals surface area contributed by atoms with Crippen molar-refractivity contribution in [1.82, 2.24) is 14.1 Å². The van der Waals surface area contributed by atoms with Crippen molar-refractivity contribution in [3.8, 4) is 11.4 Å². The van der Waals surface area contributed by atoms with E-state index in [2.05, 4.69) is 171 Å². The second-order valence-electron chi connectivity index (χ2n) is 11.3. The van der Waals surface area contributed by atoms with Crippen molar-refractivity contribution in [2.45, 2.75) is 0 Å². The summed E-state index contributed by atoms with van der Waals surface area (Å²) in [5.74, 6) is 0. The predicted molar refractivity (Wildman–Crippen MR) is 188 cm³/mol. The number of hydrogen-bond donors (Lipinski definition) is 0. The van der Waals surface area contributed by atoms with Crippen LogP contribution in [0, 0.1) is 0 Å². The summed E-state index contributed by atoms with van der Waals surface area (Å²) in [6, 6.07) is 56.3. The van der Waals surface area contributed by atoms with Crippen LogP contribution in [0.3, 0.4) is 0 Å². The van der Waals surface area contributed by atoms with E-state index in [-0.39, 0.29) is 0 Å². The Bertz CT molecular complexity index is 2440. The average molecular weight is 577 g/mol. The van der Waals surface area contributed by atoms with Gasteiger partial charge in [-0.05, 0) is 84.9 Å². The van der Waals surface area contributed by atoms with Crippen molar-refractivity contribution in [2.24, 2.45) is 0 Å². The van der Waals surface area contributed by atoms with E-state index in [1.165, 1.54) is 38.1 Å². The van der Waals surface area contributed by atoms with Crippen LogP contribution in [0.15, 0.2) is 170 Å². The van der Waals surface area contributed by atoms with Crippen molar-refractivity contribution in [3.05, 3.63) is 170 Å². The number of aromatic nitrogens is 3. The molecule has 9 rings (SSSR count). The van der Waals surface area contributed by atoms with Crippen LogP contribution in [0.1, 0.15) is 0 Å². The molecule has 0 bridgehead atoms. The zero-order valence-electron chi connectivity index (χ0n) is 24.5. The average Bonchev–Trinajstić information content (AvgIpc) is 3.62. The molecule has 6 aromatic carbocycles. The summed E-state index contributed by atoms with van der Waals surface area (Å²) >= 11 is 0. The first kappa shape index (κ1) is 25.4. The lowest BCUT2D eigenvalue weighted by Gasteiger charge is -2.25. The van der Waals surface area contributed by atoms with E-state index in [1.54, 1.807) is 0 Å². The van der Waals surface area contributed by atoms with Crippen molar-refractivity contribution in [2.75, 3.05) is 4.90 Å². The molecule has 0 atom stereocenters. The van der Waals surface area contributed by atoms with Gasteiger partial charge in [0.15, 0.2) is 0 Å². The maximum atomic E-state index is 4.41. The van der Waals surface area contributed by atoms with Gasteiger partial charge in [0.25, 0.3) is 0 Å². The Morgan fingerprint density at radius 1 is 0.378 bits per heavy atom. The lowest BCUT2D eigenvalue weighted by molar-refractivity contribution is 1.14. The highest BCUT2D eigenvalue weighted by molar-refractivity contribution is 6.13. The molecule has 0 aliphatic rings. The number of fused-ring (bicyclic) bond motifs is 6. The molecular formula is C41H28N4. The Kier molecular flexibility index (Phi) is 5.78. The SMILES string of the molecule is c1ccc(N(c2ccccc2)c2ccc3c(c2)c2ccccc2n3-c2ccc3c(c2)c2ccccc2n3-c2cccnc2)cc1. The third-order valence-corrected chi connectivity index (χ3v) is 8.76. The van der Waals surface area contributed by atoms with Crippen molar-refractivity contribution in [1.29, 1.82) is 0 Å². The van der Waals surface area contributed by atoms with E-state index < -0.39 is 0 Å². The van der Waals surface area contributed by atoms with Crippen LogP contribution in [0.4, 0.5) is 17.1 Å². The molecule has 0 radical (unpaired) electrons. The van der Waals surface area contributed by atoms with Gasteiger partial charge in [-0.2, -0.15) is 0 Å². The summed E-state index contributed by atoms with van der Waals surface area (Å²) < 4.78 is 4.71. The van der Waals surface area contributed by atoms with Gasteiger partial charge in [0.2, 0.25) is 0 Å². The predicted octanol–water partition coefficient (Wildman–Crippen LogP) is 10.7. The van der Waals surface area contributed by atoms with Gasteiger partial charge < -0.3 is 14.0 Å². The summed E-state index contributed by atoms with van der Waals surface area (Å²) in [4.78, 5) is 6.73. The van der Waals surface area contributed by atoms with Gasteiger partial charge in [-0.1, -0.05) is 72.8 Å². The number of rotatable bonds is 5. The number of anilines is 3. The molecule has 0 N–H and O–H groups in total. The fraction of sp³-hybridized carbons (Fsp3) is 0.